The molecule has 1 aromatic carbocycles. The van der Waals surface area contributed by atoms with E-state index in [9.17, 15) is 4.79 Å². The Morgan fingerprint density at radius 2 is 2.12 bits per heavy atom. The Labute approximate surface area is 94.5 Å². The molecule has 1 aromatic heterocycles. The number of hydrogen-bond acceptors (Lipinski definition) is 3. The van der Waals surface area contributed by atoms with Crippen LogP contribution in [-0.2, 0) is 6.54 Å². The van der Waals surface area contributed by atoms with Crippen LogP contribution < -0.4 is 0 Å². The van der Waals surface area contributed by atoms with Gasteiger partial charge < -0.3 is 4.90 Å². The maximum Gasteiger partial charge on any atom is 0.168 e. The van der Waals surface area contributed by atoms with Gasteiger partial charge in [0.2, 0.25) is 0 Å². The van der Waals surface area contributed by atoms with Gasteiger partial charge in [-0.05, 0) is 20.2 Å². The summed E-state index contributed by atoms with van der Waals surface area (Å²) in [5.41, 5.74) is 1.54. The third-order valence-electron chi connectivity index (χ3n) is 2.56. The highest BCUT2D eigenvalue weighted by molar-refractivity contribution is 5.95. The van der Waals surface area contributed by atoms with Crippen molar-refractivity contribution in [1.82, 2.24) is 14.7 Å². The second-order valence-corrected chi connectivity index (χ2v) is 4.05. The number of hydrogen-bond donors (Lipinski definition) is 0. The van der Waals surface area contributed by atoms with E-state index < -0.39 is 0 Å². The Morgan fingerprint density at radius 3 is 2.81 bits per heavy atom. The number of fused-ring (bicyclic) bond motifs is 1. The summed E-state index contributed by atoms with van der Waals surface area (Å²) in [5, 5.41) is 5.34. The number of carbonyl (C=O) groups excluding carboxylic acids is 1. The zero-order valence-electron chi connectivity index (χ0n) is 9.55. The number of rotatable bonds is 4. The monoisotopic (exact) mass is 217 g/mol. The summed E-state index contributed by atoms with van der Waals surface area (Å²) in [4.78, 5) is 13.1. The van der Waals surface area contributed by atoms with Crippen molar-refractivity contribution < 1.29 is 4.79 Å². The number of likely N-dealkylation sites (N-methyl/N-ethyl adjacent to an activating group) is 1. The van der Waals surface area contributed by atoms with Crippen LogP contribution in [0, 0.1) is 0 Å². The van der Waals surface area contributed by atoms with E-state index in [1.54, 1.807) is 4.68 Å². The molecule has 2 aromatic rings. The van der Waals surface area contributed by atoms with E-state index in [1.165, 1.54) is 0 Å². The minimum absolute atomic E-state index is 0.664. The molecular formula is C12H15N3O. The molecule has 0 spiro atoms. The quantitative estimate of drug-likeness (QED) is 0.727. The van der Waals surface area contributed by atoms with E-state index in [-0.39, 0.29) is 0 Å². The third-order valence-corrected chi connectivity index (χ3v) is 2.56. The van der Waals surface area contributed by atoms with Gasteiger partial charge in [0.1, 0.15) is 5.69 Å². The molecule has 4 heteroatoms. The minimum atomic E-state index is 0.664. The van der Waals surface area contributed by atoms with E-state index in [0.717, 1.165) is 30.3 Å². The average molecular weight is 217 g/mol. The summed E-state index contributed by atoms with van der Waals surface area (Å²) in [7, 11) is 4.01. The summed E-state index contributed by atoms with van der Waals surface area (Å²) in [6.45, 7) is 1.60. The molecule has 0 aliphatic rings. The van der Waals surface area contributed by atoms with Crippen molar-refractivity contribution in [3.05, 3.63) is 30.0 Å². The summed E-state index contributed by atoms with van der Waals surface area (Å²) in [6.07, 6.45) is 0.880. The maximum absolute atomic E-state index is 11.1. The Bertz CT molecular complexity index is 502. The molecule has 0 N–H and O–H groups in total. The molecule has 4 nitrogen and oxygen atoms in total. The first-order valence-corrected chi connectivity index (χ1v) is 5.28. The van der Waals surface area contributed by atoms with Gasteiger partial charge in [-0.25, -0.2) is 0 Å². The molecule has 2 rings (SSSR count). The van der Waals surface area contributed by atoms with Crippen molar-refractivity contribution in [1.29, 1.82) is 0 Å². The zero-order valence-corrected chi connectivity index (χ0v) is 9.55. The Morgan fingerprint density at radius 1 is 1.38 bits per heavy atom. The van der Waals surface area contributed by atoms with Crippen LogP contribution in [0.15, 0.2) is 24.3 Å². The fourth-order valence-corrected chi connectivity index (χ4v) is 1.69. The SMILES string of the molecule is CN(C)CCn1nc2ccccc2c1C=O. The highest BCUT2D eigenvalue weighted by Gasteiger charge is 2.09. The average Bonchev–Trinajstić information content (AvgIpc) is 2.63. The topological polar surface area (TPSA) is 38.1 Å². The summed E-state index contributed by atoms with van der Waals surface area (Å²) >= 11 is 0. The van der Waals surface area contributed by atoms with Crippen LogP contribution in [0.4, 0.5) is 0 Å². The van der Waals surface area contributed by atoms with Crippen LogP contribution >= 0.6 is 0 Å². The first-order chi connectivity index (χ1) is 7.72. The van der Waals surface area contributed by atoms with Gasteiger partial charge in [-0.1, -0.05) is 18.2 Å². The molecule has 0 radical (unpaired) electrons. The van der Waals surface area contributed by atoms with Crippen LogP contribution in [-0.4, -0.2) is 41.6 Å². The highest BCUT2D eigenvalue weighted by Crippen LogP contribution is 2.16. The number of nitrogens with zero attached hydrogens (tertiary/aromatic N) is 3. The summed E-state index contributed by atoms with van der Waals surface area (Å²) in [6, 6.07) is 7.71. The van der Waals surface area contributed by atoms with Crippen molar-refractivity contribution in [2.45, 2.75) is 6.54 Å². The van der Waals surface area contributed by atoms with E-state index in [4.69, 9.17) is 0 Å². The normalized spacial score (nSPS) is 11.2. The lowest BCUT2D eigenvalue weighted by atomic mass is 10.2. The molecule has 84 valence electrons. The standard InChI is InChI=1S/C12H15N3O/c1-14(2)7-8-15-12(9-16)10-5-3-4-6-11(10)13-15/h3-6,9H,7-8H2,1-2H3. The molecule has 0 saturated heterocycles. The van der Waals surface area contributed by atoms with Crippen LogP contribution in [0.3, 0.4) is 0 Å². The lowest BCUT2D eigenvalue weighted by Gasteiger charge is -2.09. The molecule has 0 aliphatic carbocycles. The molecule has 0 amide bonds. The van der Waals surface area contributed by atoms with Crippen LogP contribution in [0.2, 0.25) is 0 Å². The van der Waals surface area contributed by atoms with Gasteiger partial charge in [-0.15, -0.1) is 0 Å². The molecule has 1 heterocycles. The fourth-order valence-electron chi connectivity index (χ4n) is 1.69. The molecule has 0 fully saturated rings. The van der Waals surface area contributed by atoms with Gasteiger partial charge >= 0.3 is 0 Å². The predicted molar refractivity (Wildman–Crippen MR) is 63.7 cm³/mol. The van der Waals surface area contributed by atoms with Gasteiger partial charge in [0, 0.05) is 11.9 Å². The van der Waals surface area contributed by atoms with Crippen molar-refractivity contribution in [2.75, 3.05) is 20.6 Å². The van der Waals surface area contributed by atoms with Crippen molar-refractivity contribution in [3.63, 3.8) is 0 Å². The van der Waals surface area contributed by atoms with E-state index >= 15 is 0 Å². The van der Waals surface area contributed by atoms with Gasteiger partial charge in [0.25, 0.3) is 0 Å². The van der Waals surface area contributed by atoms with E-state index in [0.29, 0.717) is 5.69 Å². The third kappa shape index (κ3) is 1.97. The second-order valence-electron chi connectivity index (χ2n) is 4.05. The van der Waals surface area contributed by atoms with Gasteiger partial charge in [0.15, 0.2) is 6.29 Å². The smallest absolute Gasteiger partial charge is 0.168 e. The maximum atomic E-state index is 11.1. The Hall–Kier alpha value is -1.68. The van der Waals surface area contributed by atoms with Gasteiger partial charge in [-0.3, -0.25) is 9.48 Å². The number of aldehydes is 1. The van der Waals surface area contributed by atoms with E-state index in [2.05, 4.69) is 10.00 Å². The molecular weight excluding hydrogens is 202 g/mol. The second kappa shape index (κ2) is 4.45. The molecule has 16 heavy (non-hydrogen) atoms. The first-order valence-electron chi connectivity index (χ1n) is 5.28. The lowest BCUT2D eigenvalue weighted by Crippen LogP contribution is -2.20. The van der Waals surface area contributed by atoms with E-state index in [1.807, 2.05) is 38.4 Å². The summed E-state index contributed by atoms with van der Waals surface area (Å²) in [5.74, 6) is 0. The van der Waals surface area contributed by atoms with Crippen molar-refractivity contribution in [2.24, 2.45) is 0 Å². The zero-order chi connectivity index (χ0) is 11.5. The van der Waals surface area contributed by atoms with Crippen molar-refractivity contribution in [3.8, 4) is 0 Å². The van der Waals surface area contributed by atoms with Crippen LogP contribution in [0.1, 0.15) is 10.5 Å². The Balaban J connectivity index is 2.40. The van der Waals surface area contributed by atoms with Gasteiger partial charge in [0.05, 0.1) is 12.1 Å². The molecule has 0 atom stereocenters. The molecule has 0 saturated carbocycles. The summed E-state index contributed by atoms with van der Waals surface area (Å²) < 4.78 is 1.78. The first kappa shape index (κ1) is 10.8. The lowest BCUT2D eigenvalue weighted by molar-refractivity contribution is 0.111. The molecule has 0 aliphatic heterocycles. The molecule has 0 bridgehead atoms. The van der Waals surface area contributed by atoms with Crippen molar-refractivity contribution >= 4 is 17.2 Å². The Kier molecular flexibility index (Phi) is 3.01. The van der Waals surface area contributed by atoms with Gasteiger partial charge in [-0.2, -0.15) is 5.10 Å². The largest absolute Gasteiger partial charge is 0.308 e. The number of benzene rings is 1. The predicted octanol–water partition coefficient (Wildman–Crippen LogP) is 1.41. The number of aromatic nitrogens is 2. The highest BCUT2D eigenvalue weighted by atomic mass is 16.1. The molecule has 0 unspecified atom stereocenters. The fraction of sp³-hybridized carbons (Fsp3) is 0.333. The number of carbonyl (C=O) groups is 1. The van der Waals surface area contributed by atoms with Crippen LogP contribution in [0.5, 0.6) is 0 Å². The van der Waals surface area contributed by atoms with Crippen LogP contribution in [0.25, 0.3) is 10.9 Å². The minimum Gasteiger partial charge on any atom is -0.308 e.